The third kappa shape index (κ3) is 5.92. The smallest absolute Gasteiger partial charge is 0.253 e. The molecule has 0 aliphatic carbocycles. The van der Waals surface area contributed by atoms with Gasteiger partial charge in [0.1, 0.15) is 11.6 Å². The molecule has 0 spiro atoms. The molecule has 30 heavy (non-hydrogen) atoms. The number of aromatic nitrogens is 2. The topological polar surface area (TPSA) is 64.6 Å². The molecule has 0 aromatic carbocycles. The van der Waals surface area contributed by atoms with Crippen LogP contribution in [0.4, 0.5) is 11.6 Å². The molecule has 2 aromatic heterocycles. The molecule has 0 radical (unpaired) electrons. The molecule has 0 bridgehead atoms. The number of rotatable bonds is 9. The number of hydrogen-bond acceptors (Lipinski definition) is 6. The zero-order valence-electron chi connectivity index (χ0n) is 18.4. The molecule has 1 atom stereocenters. The summed E-state index contributed by atoms with van der Waals surface area (Å²) in [6, 6.07) is 9.91. The minimum atomic E-state index is -0.0628. The van der Waals surface area contributed by atoms with Gasteiger partial charge in [-0.25, -0.2) is 9.97 Å². The molecule has 1 amide bonds. The average molecular weight is 411 g/mol. The monoisotopic (exact) mass is 410 g/mol. The van der Waals surface area contributed by atoms with Gasteiger partial charge in [0.2, 0.25) is 0 Å². The summed E-state index contributed by atoms with van der Waals surface area (Å²) in [7, 11) is 0. The first-order valence-electron chi connectivity index (χ1n) is 11.0. The molecule has 1 aliphatic heterocycles. The highest BCUT2D eigenvalue weighted by Gasteiger charge is 2.20. The molecule has 7 nitrogen and oxygen atoms in total. The Kier molecular flexibility index (Phi) is 8.02. The fraction of sp³-hybridized carbons (Fsp3) is 0.522. The maximum Gasteiger partial charge on any atom is 0.253 e. The third-order valence-electron chi connectivity index (χ3n) is 5.46. The van der Waals surface area contributed by atoms with E-state index in [1.165, 1.54) is 0 Å². The maximum atomic E-state index is 12.6. The van der Waals surface area contributed by atoms with Gasteiger partial charge in [0.15, 0.2) is 0 Å². The van der Waals surface area contributed by atoms with Gasteiger partial charge in [-0.05, 0) is 44.5 Å². The number of carbonyl (C=O) groups is 1. The highest BCUT2D eigenvalue weighted by Crippen LogP contribution is 2.14. The molecule has 1 aliphatic rings. The summed E-state index contributed by atoms with van der Waals surface area (Å²) in [6.07, 6.45) is 4.59. The first-order valence-corrected chi connectivity index (χ1v) is 11.0. The van der Waals surface area contributed by atoms with Gasteiger partial charge >= 0.3 is 0 Å². The van der Waals surface area contributed by atoms with E-state index in [1.54, 1.807) is 6.20 Å². The molecular weight excluding hydrogens is 376 g/mol. The minimum absolute atomic E-state index is 0.0628. The zero-order chi connectivity index (χ0) is 21.3. The first kappa shape index (κ1) is 22.0. The van der Waals surface area contributed by atoms with E-state index in [1.807, 2.05) is 30.5 Å². The number of hydrogen-bond donors (Lipinski definition) is 1. The van der Waals surface area contributed by atoms with E-state index >= 15 is 0 Å². The SMILES string of the molecule is CCCN(CC)c1ccc(C(=O)NC(C)CN2CCN(c3ccccn3)CC2)cn1. The van der Waals surface area contributed by atoms with Crippen LogP contribution in [0.3, 0.4) is 0 Å². The molecule has 1 unspecified atom stereocenters. The Morgan fingerprint density at radius 3 is 2.53 bits per heavy atom. The molecule has 0 saturated carbocycles. The van der Waals surface area contributed by atoms with Crippen LogP contribution in [0.15, 0.2) is 42.7 Å². The van der Waals surface area contributed by atoms with Crippen molar-refractivity contribution in [3.63, 3.8) is 0 Å². The normalized spacial score (nSPS) is 15.6. The van der Waals surface area contributed by atoms with Crippen molar-refractivity contribution in [2.75, 3.05) is 55.6 Å². The summed E-state index contributed by atoms with van der Waals surface area (Å²) in [5.41, 5.74) is 0.609. The van der Waals surface area contributed by atoms with Crippen LogP contribution in [-0.2, 0) is 0 Å². The van der Waals surface area contributed by atoms with Crippen LogP contribution in [-0.4, -0.2) is 72.6 Å². The number of amides is 1. The van der Waals surface area contributed by atoms with Gasteiger partial charge in [0, 0.05) is 64.2 Å². The Bertz CT molecular complexity index is 774. The van der Waals surface area contributed by atoms with Gasteiger partial charge in [-0.3, -0.25) is 9.69 Å². The van der Waals surface area contributed by atoms with Crippen LogP contribution in [0.25, 0.3) is 0 Å². The van der Waals surface area contributed by atoms with Crippen molar-refractivity contribution >= 4 is 17.5 Å². The van der Waals surface area contributed by atoms with Crippen molar-refractivity contribution < 1.29 is 4.79 Å². The van der Waals surface area contributed by atoms with Crippen LogP contribution in [0, 0.1) is 0 Å². The standard InChI is InChI=1S/C23H34N6O/c1-4-12-28(5-2)22-10-9-20(17-25-22)23(30)26-19(3)18-27-13-15-29(16-14-27)21-8-6-7-11-24-21/h6-11,17,19H,4-5,12-16,18H2,1-3H3,(H,26,30). The second-order valence-corrected chi connectivity index (χ2v) is 7.83. The van der Waals surface area contributed by atoms with Crippen molar-refractivity contribution in [1.82, 2.24) is 20.2 Å². The van der Waals surface area contributed by atoms with Crippen molar-refractivity contribution in [1.29, 1.82) is 0 Å². The number of nitrogens with one attached hydrogen (secondary N) is 1. The lowest BCUT2D eigenvalue weighted by atomic mass is 10.2. The zero-order valence-corrected chi connectivity index (χ0v) is 18.4. The van der Waals surface area contributed by atoms with Crippen LogP contribution < -0.4 is 15.1 Å². The molecule has 7 heteroatoms. The molecule has 1 saturated heterocycles. The average Bonchev–Trinajstić information content (AvgIpc) is 2.78. The summed E-state index contributed by atoms with van der Waals surface area (Å²) in [6.45, 7) is 12.9. The quantitative estimate of drug-likeness (QED) is 0.686. The molecule has 1 N–H and O–H groups in total. The Morgan fingerprint density at radius 1 is 1.13 bits per heavy atom. The maximum absolute atomic E-state index is 12.6. The molecule has 162 valence electrons. The fourth-order valence-electron chi connectivity index (χ4n) is 3.85. The van der Waals surface area contributed by atoms with E-state index in [4.69, 9.17) is 0 Å². The number of pyridine rings is 2. The Hall–Kier alpha value is -2.67. The van der Waals surface area contributed by atoms with Crippen molar-refractivity contribution in [3.05, 3.63) is 48.3 Å². The summed E-state index contributed by atoms with van der Waals surface area (Å²) in [5, 5.41) is 3.11. The van der Waals surface area contributed by atoms with Crippen LogP contribution in [0.2, 0.25) is 0 Å². The highest BCUT2D eigenvalue weighted by molar-refractivity contribution is 5.94. The second kappa shape index (κ2) is 10.9. The van der Waals surface area contributed by atoms with E-state index < -0.39 is 0 Å². The molecule has 2 aromatic rings. The first-order chi connectivity index (χ1) is 14.6. The minimum Gasteiger partial charge on any atom is -0.357 e. The van der Waals surface area contributed by atoms with E-state index in [0.717, 1.165) is 63.9 Å². The Balaban J connectivity index is 1.46. The predicted molar refractivity (Wildman–Crippen MR) is 122 cm³/mol. The summed E-state index contributed by atoms with van der Waals surface area (Å²) < 4.78 is 0. The van der Waals surface area contributed by atoms with E-state index in [-0.39, 0.29) is 11.9 Å². The molecule has 3 heterocycles. The Labute approximate surface area is 180 Å². The Morgan fingerprint density at radius 2 is 1.93 bits per heavy atom. The number of nitrogens with zero attached hydrogens (tertiary/aromatic N) is 5. The van der Waals surface area contributed by atoms with Gasteiger partial charge in [-0.1, -0.05) is 13.0 Å². The van der Waals surface area contributed by atoms with E-state index in [9.17, 15) is 4.79 Å². The molecular formula is C23H34N6O. The second-order valence-electron chi connectivity index (χ2n) is 7.83. The largest absolute Gasteiger partial charge is 0.357 e. The third-order valence-corrected chi connectivity index (χ3v) is 5.46. The van der Waals surface area contributed by atoms with Crippen LogP contribution in [0.1, 0.15) is 37.6 Å². The van der Waals surface area contributed by atoms with Crippen LogP contribution >= 0.6 is 0 Å². The fourth-order valence-corrected chi connectivity index (χ4v) is 3.85. The molecule has 3 rings (SSSR count). The van der Waals surface area contributed by atoms with E-state index in [2.05, 4.69) is 56.8 Å². The molecule has 1 fully saturated rings. The lowest BCUT2D eigenvalue weighted by Crippen LogP contribution is -2.51. The summed E-state index contributed by atoms with van der Waals surface area (Å²) in [5.74, 6) is 1.90. The van der Waals surface area contributed by atoms with E-state index in [0.29, 0.717) is 5.56 Å². The van der Waals surface area contributed by atoms with Crippen molar-refractivity contribution in [2.45, 2.75) is 33.2 Å². The van der Waals surface area contributed by atoms with Crippen molar-refractivity contribution in [2.24, 2.45) is 0 Å². The van der Waals surface area contributed by atoms with Crippen LogP contribution in [0.5, 0.6) is 0 Å². The van der Waals surface area contributed by atoms with Crippen molar-refractivity contribution in [3.8, 4) is 0 Å². The lowest BCUT2D eigenvalue weighted by Gasteiger charge is -2.36. The number of carbonyl (C=O) groups excluding carboxylic acids is 1. The van der Waals surface area contributed by atoms with Gasteiger partial charge in [0.25, 0.3) is 5.91 Å². The van der Waals surface area contributed by atoms with Gasteiger partial charge in [-0.15, -0.1) is 0 Å². The summed E-state index contributed by atoms with van der Waals surface area (Å²) in [4.78, 5) is 28.5. The van der Waals surface area contributed by atoms with Gasteiger partial charge < -0.3 is 15.1 Å². The van der Waals surface area contributed by atoms with Gasteiger partial charge in [0.05, 0.1) is 5.56 Å². The summed E-state index contributed by atoms with van der Waals surface area (Å²) >= 11 is 0. The lowest BCUT2D eigenvalue weighted by molar-refractivity contribution is 0.0927. The highest BCUT2D eigenvalue weighted by atomic mass is 16.1. The predicted octanol–water partition coefficient (Wildman–Crippen LogP) is 2.65. The number of piperazine rings is 1. The number of anilines is 2. The van der Waals surface area contributed by atoms with Gasteiger partial charge in [-0.2, -0.15) is 0 Å².